The maximum atomic E-state index is 13.6. The molecule has 1 aromatic rings. The van der Waals surface area contributed by atoms with Gasteiger partial charge in [-0.3, -0.25) is 4.79 Å². The molecule has 0 aliphatic heterocycles. The maximum Gasteiger partial charge on any atom is 0.273 e. The lowest BCUT2D eigenvalue weighted by Crippen LogP contribution is -2.13. The van der Waals surface area contributed by atoms with Crippen LogP contribution >= 0.6 is 0 Å². The van der Waals surface area contributed by atoms with Crippen LogP contribution in [0.4, 0.5) is 8.78 Å². The Labute approximate surface area is 100 Å². The summed E-state index contributed by atoms with van der Waals surface area (Å²) >= 11 is 0. The Morgan fingerprint density at radius 3 is 2.47 bits per heavy atom. The second-order valence-corrected chi connectivity index (χ2v) is 3.88. The van der Waals surface area contributed by atoms with Crippen molar-refractivity contribution in [1.82, 2.24) is 0 Å². The fourth-order valence-electron chi connectivity index (χ4n) is 1.55. The predicted octanol–water partition coefficient (Wildman–Crippen LogP) is 4.42. The standard InChI is InChI=1S/C14H16F2O/c1-4-10-7-11(13(17)5-2)9-12(8-10)14(15,16)6-3/h4,7-9H,1,5-6H2,2-3H3. The molecule has 0 heterocycles. The van der Waals surface area contributed by atoms with Crippen molar-refractivity contribution < 1.29 is 13.6 Å². The summed E-state index contributed by atoms with van der Waals surface area (Å²) in [6.07, 6.45) is 1.49. The van der Waals surface area contributed by atoms with Crippen LogP contribution in [-0.2, 0) is 5.92 Å². The molecule has 0 amide bonds. The Balaban J connectivity index is 3.33. The Bertz CT molecular complexity index is 436. The molecule has 0 spiro atoms. The van der Waals surface area contributed by atoms with Crippen LogP contribution in [-0.4, -0.2) is 5.78 Å². The van der Waals surface area contributed by atoms with Gasteiger partial charge in [0, 0.05) is 24.0 Å². The highest BCUT2D eigenvalue weighted by atomic mass is 19.3. The largest absolute Gasteiger partial charge is 0.294 e. The molecule has 3 heteroatoms. The highest BCUT2D eigenvalue weighted by Crippen LogP contribution is 2.32. The summed E-state index contributed by atoms with van der Waals surface area (Å²) in [6.45, 7) is 6.68. The van der Waals surface area contributed by atoms with E-state index >= 15 is 0 Å². The van der Waals surface area contributed by atoms with Crippen molar-refractivity contribution in [2.75, 3.05) is 0 Å². The molecule has 0 N–H and O–H groups in total. The van der Waals surface area contributed by atoms with Gasteiger partial charge in [0.25, 0.3) is 5.92 Å². The molecule has 0 aromatic heterocycles. The van der Waals surface area contributed by atoms with Gasteiger partial charge < -0.3 is 0 Å². The Morgan fingerprint density at radius 1 is 1.35 bits per heavy atom. The first kappa shape index (κ1) is 13.6. The summed E-state index contributed by atoms with van der Waals surface area (Å²) in [4.78, 5) is 11.6. The number of Topliss-reactive ketones (excluding diaryl/α,β-unsaturated/α-hetero) is 1. The second kappa shape index (κ2) is 5.21. The molecular weight excluding hydrogens is 222 g/mol. The number of rotatable bonds is 5. The van der Waals surface area contributed by atoms with Crippen LogP contribution in [0.2, 0.25) is 0 Å². The van der Waals surface area contributed by atoms with Crippen molar-refractivity contribution in [1.29, 1.82) is 0 Å². The van der Waals surface area contributed by atoms with Crippen molar-refractivity contribution in [3.05, 3.63) is 41.5 Å². The number of hydrogen-bond donors (Lipinski definition) is 0. The summed E-state index contributed by atoms with van der Waals surface area (Å²) in [5, 5.41) is 0. The third-order valence-electron chi connectivity index (χ3n) is 2.70. The molecule has 1 rings (SSSR count). The van der Waals surface area contributed by atoms with Gasteiger partial charge in [0.15, 0.2) is 5.78 Å². The van der Waals surface area contributed by atoms with E-state index in [1.165, 1.54) is 25.1 Å². The topological polar surface area (TPSA) is 17.1 Å². The molecule has 0 saturated carbocycles. The Hall–Kier alpha value is -1.51. The molecule has 0 radical (unpaired) electrons. The normalized spacial score (nSPS) is 11.3. The monoisotopic (exact) mass is 238 g/mol. The first-order valence-corrected chi connectivity index (χ1v) is 5.63. The SMILES string of the molecule is C=Cc1cc(C(=O)CC)cc(C(F)(F)CC)c1. The number of ketones is 1. The van der Waals surface area contributed by atoms with E-state index in [1.807, 2.05) is 0 Å². The van der Waals surface area contributed by atoms with Crippen molar-refractivity contribution in [2.24, 2.45) is 0 Å². The molecule has 0 aliphatic rings. The third kappa shape index (κ3) is 2.99. The highest BCUT2D eigenvalue weighted by Gasteiger charge is 2.29. The van der Waals surface area contributed by atoms with Crippen molar-refractivity contribution in [3.8, 4) is 0 Å². The lowest BCUT2D eigenvalue weighted by Gasteiger charge is -2.16. The smallest absolute Gasteiger partial charge is 0.273 e. The molecule has 1 aromatic carbocycles. The van der Waals surface area contributed by atoms with Crippen molar-refractivity contribution in [3.63, 3.8) is 0 Å². The molecule has 17 heavy (non-hydrogen) atoms. The number of benzene rings is 1. The third-order valence-corrected chi connectivity index (χ3v) is 2.70. The zero-order valence-electron chi connectivity index (χ0n) is 10.1. The van der Waals surface area contributed by atoms with E-state index in [1.54, 1.807) is 13.0 Å². The van der Waals surface area contributed by atoms with Crippen LogP contribution < -0.4 is 0 Å². The van der Waals surface area contributed by atoms with Crippen molar-refractivity contribution in [2.45, 2.75) is 32.6 Å². The average Bonchev–Trinajstić information content (AvgIpc) is 2.37. The quantitative estimate of drug-likeness (QED) is 0.694. The Morgan fingerprint density at radius 2 is 2.00 bits per heavy atom. The van der Waals surface area contributed by atoms with E-state index < -0.39 is 5.92 Å². The Kier molecular flexibility index (Phi) is 4.16. The lowest BCUT2D eigenvalue weighted by atomic mass is 9.97. The van der Waals surface area contributed by atoms with Crippen LogP contribution in [0, 0.1) is 0 Å². The van der Waals surface area contributed by atoms with Gasteiger partial charge in [0.1, 0.15) is 0 Å². The van der Waals surface area contributed by atoms with Gasteiger partial charge in [-0.05, 0) is 23.8 Å². The molecule has 1 nitrogen and oxygen atoms in total. The molecule has 92 valence electrons. The maximum absolute atomic E-state index is 13.6. The van der Waals surface area contributed by atoms with E-state index in [0.717, 1.165) is 0 Å². The molecule has 0 unspecified atom stereocenters. The van der Waals surface area contributed by atoms with Gasteiger partial charge in [-0.2, -0.15) is 0 Å². The number of carbonyl (C=O) groups is 1. The van der Waals surface area contributed by atoms with Gasteiger partial charge in [0.05, 0.1) is 0 Å². The zero-order chi connectivity index (χ0) is 13.1. The van der Waals surface area contributed by atoms with E-state index in [0.29, 0.717) is 17.5 Å². The summed E-state index contributed by atoms with van der Waals surface area (Å²) in [6, 6.07) is 4.25. The predicted molar refractivity (Wildman–Crippen MR) is 65.3 cm³/mol. The zero-order valence-corrected chi connectivity index (χ0v) is 10.1. The molecule has 0 fully saturated rings. The van der Waals surface area contributed by atoms with Crippen LogP contribution in [0.15, 0.2) is 24.8 Å². The lowest BCUT2D eigenvalue weighted by molar-refractivity contribution is -0.00833. The molecule has 0 saturated heterocycles. The number of hydrogen-bond acceptors (Lipinski definition) is 1. The minimum absolute atomic E-state index is 0.116. The molecule has 0 bridgehead atoms. The van der Waals surface area contributed by atoms with E-state index in [4.69, 9.17) is 0 Å². The van der Waals surface area contributed by atoms with Crippen molar-refractivity contribution >= 4 is 11.9 Å². The highest BCUT2D eigenvalue weighted by molar-refractivity contribution is 5.96. The van der Waals surface area contributed by atoms with E-state index in [2.05, 4.69) is 6.58 Å². The fourth-order valence-corrected chi connectivity index (χ4v) is 1.55. The van der Waals surface area contributed by atoms with Crippen LogP contribution in [0.25, 0.3) is 6.08 Å². The van der Waals surface area contributed by atoms with E-state index in [9.17, 15) is 13.6 Å². The van der Waals surface area contributed by atoms with Gasteiger partial charge in [-0.15, -0.1) is 0 Å². The fraction of sp³-hybridized carbons (Fsp3) is 0.357. The van der Waals surface area contributed by atoms with Crippen LogP contribution in [0.5, 0.6) is 0 Å². The minimum Gasteiger partial charge on any atom is -0.294 e. The first-order chi connectivity index (χ1) is 7.94. The second-order valence-electron chi connectivity index (χ2n) is 3.88. The van der Waals surface area contributed by atoms with Gasteiger partial charge in [0.2, 0.25) is 0 Å². The minimum atomic E-state index is -2.90. The number of carbonyl (C=O) groups excluding carboxylic acids is 1. The molecule has 0 aliphatic carbocycles. The summed E-state index contributed by atoms with van der Waals surface area (Å²) in [5.74, 6) is -3.04. The first-order valence-electron chi connectivity index (χ1n) is 5.63. The van der Waals surface area contributed by atoms with Gasteiger partial charge in [-0.1, -0.05) is 26.5 Å². The van der Waals surface area contributed by atoms with E-state index in [-0.39, 0.29) is 17.8 Å². The molecular formula is C14H16F2O. The number of halogens is 2. The van der Waals surface area contributed by atoms with Crippen LogP contribution in [0.3, 0.4) is 0 Å². The summed E-state index contributed by atoms with van der Waals surface area (Å²) in [7, 11) is 0. The average molecular weight is 238 g/mol. The summed E-state index contributed by atoms with van der Waals surface area (Å²) < 4.78 is 27.2. The van der Waals surface area contributed by atoms with Gasteiger partial charge in [-0.25, -0.2) is 8.78 Å². The van der Waals surface area contributed by atoms with Gasteiger partial charge >= 0.3 is 0 Å². The van der Waals surface area contributed by atoms with Crippen LogP contribution in [0.1, 0.15) is 48.2 Å². The summed E-state index contributed by atoms with van der Waals surface area (Å²) in [5.41, 5.74) is 0.759. The number of alkyl halides is 2. The molecule has 0 atom stereocenters.